The molecule has 5 heteroatoms. The molecule has 0 spiro atoms. The third-order valence-corrected chi connectivity index (χ3v) is 4.44. The van der Waals surface area contributed by atoms with Gasteiger partial charge >= 0.3 is 0 Å². The van der Waals surface area contributed by atoms with Gasteiger partial charge in [0.15, 0.2) is 0 Å². The van der Waals surface area contributed by atoms with E-state index in [2.05, 4.69) is 15.3 Å². The van der Waals surface area contributed by atoms with E-state index in [1.54, 1.807) is 12.1 Å². The SMILES string of the molecule is O=C(NC(Cc1ccccc1)c1nc2ccccc2[nH]1)c1ccccc1F. The molecule has 4 rings (SSSR count). The van der Waals surface area contributed by atoms with Gasteiger partial charge < -0.3 is 10.3 Å². The summed E-state index contributed by atoms with van der Waals surface area (Å²) in [4.78, 5) is 20.5. The topological polar surface area (TPSA) is 57.8 Å². The molecular weight excluding hydrogens is 341 g/mol. The number of hydrogen-bond donors (Lipinski definition) is 2. The van der Waals surface area contributed by atoms with E-state index in [0.29, 0.717) is 12.2 Å². The lowest BCUT2D eigenvalue weighted by molar-refractivity contribution is 0.0931. The number of rotatable bonds is 5. The molecule has 0 aliphatic rings. The molecule has 4 nitrogen and oxygen atoms in total. The largest absolute Gasteiger partial charge is 0.342 e. The van der Waals surface area contributed by atoms with Gasteiger partial charge in [0.2, 0.25) is 0 Å². The van der Waals surface area contributed by atoms with Crippen LogP contribution in [0.2, 0.25) is 0 Å². The first-order chi connectivity index (χ1) is 13.2. The fourth-order valence-corrected chi connectivity index (χ4v) is 3.08. The average molecular weight is 359 g/mol. The summed E-state index contributed by atoms with van der Waals surface area (Å²) in [5.74, 6) is -0.364. The van der Waals surface area contributed by atoms with Crippen molar-refractivity contribution in [2.75, 3.05) is 0 Å². The third-order valence-electron chi connectivity index (χ3n) is 4.44. The van der Waals surface area contributed by atoms with Crippen LogP contribution >= 0.6 is 0 Å². The molecule has 1 atom stereocenters. The highest BCUT2D eigenvalue weighted by atomic mass is 19.1. The van der Waals surface area contributed by atoms with Gasteiger partial charge in [-0.15, -0.1) is 0 Å². The maximum absolute atomic E-state index is 14.0. The number of aromatic nitrogens is 2. The van der Waals surface area contributed by atoms with Crippen molar-refractivity contribution in [3.63, 3.8) is 0 Å². The zero-order valence-corrected chi connectivity index (χ0v) is 14.5. The highest BCUT2D eigenvalue weighted by molar-refractivity contribution is 5.94. The van der Waals surface area contributed by atoms with E-state index in [1.165, 1.54) is 12.1 Å². The van der Waals surface area contributed by atoms with E-state index in [4.69, 9.17) is 0 Å². The molecule has 0 aliphatic heterocycles. The van der Waals surface area contributed by atoms with Crippen molar-refractivity contribution in [1.29, 1.82) is 0 Å². The van der Waals surface area contributed by atoms with Crippen LogP contribution in [0, 0.1) is 5.82 Å². The molecule has 0 fully saturated rings. The Kier molecular flexibility index (Phi) is 4.66. The molecule has 0 aliphatic carbocycles. The lowest BCUT2D eigenvalue weighted by Crippen LogP contribution is -2.31. The van der Waals surface area contributed by atoms with Crippen molar-refractivity contribution < 1.29 is 9.18 Å². The van der Waals surface area contributed by atoms with Crippen molar-refractivity contribution in [3.8, 4) is 0 Å². The monoisotopic (exact) mass is 359 g/mol. The van der Waals surface area contributed by atoms with E-state index in [1.807, 2.05) is 54.6 Å². The Morgan fingerprint density at radius 3 is 2.44 bits per heavy atom. The number of nitrogens with one attached hydrogen (secondary N) is 2. The average Bonchev–Trinajstić information content (AvgIpc) is 3.13. The Labute approximate surface area is 156 Å². The van der Waals surface area contributed by atoms with Crippen LogP contribution in [0.25, 0.3) is 11.0 Å². The molecule has 0 saturated carbocycles. The molecular formula is C22H18FN3O. The summed E-state index contributed by atoms with van der Waals surface area (Å²) in [5, 5.41) is 2.93. The second-order valence-electron chi connectivity index (χ2n) is 6.33. The summed E-state index contributed by atoms with van der Waals surface area (Å²) in [6.07, 6.45) is 0.543. The predicted octanol–water partition coefficient (Wildman–Crippen LogP) is 4.42. The van der Waals surface area contributed by atoms with Gasteiger partial charge in [0.25, 0.3) is 5.91 Å². The number of H-pyrrole nitrogens is 1. The van der Waals surface area contributed by atoms with Gasteiger partial charge in [-0.05, 0) is 36.2 Å². The van der Waals surface area contributed by atoms with Crippen molar-refractivity contribution in [2.45, 2.75) is 12.5 Å². The molecule has 1 aromatic heterocycles. The van der Waals surface area contributed by atoms with Gasteiger partial charge in [-0.1, -0.05) is 54.6 Å². The zero-order chi connectivity index (χ0) is 18.6. The van der Waals surface area contributed by atoms with Crippen LogP contribution in [0.15, 0.2) is 78.9 Å². The highest BCUT2D eigenvalue weighted by Gasteiger charge is 2.21. The van der Waals surface area contributed by atoms with Crippen LogP contribution in [0.5, 0.6) is 0 Å². The van der Waals surface area contributed by atoms with Crippen LogP contribution in [0.4, 0.5) is 4.39 Å². The molecule has 134 valence electrons. The minimum atomic E-state index is -0.543. The number of hydrogen-bond acceptors (Lipinski definition) is 2. The number of halogens is 1. The number of imidazole rings is 1. The summed E-state index contributed by atoms with van der Waals surface area (Å²) >= 11 is 0. The third kappa shape index (κ3) is 3.72. The van der Waals surface area contributed by atoms with Gasteiger partial charge in [-0.25, -0.2) is 9.37 Å². The minimum Gasteiger partial charge on any atom is -0.342 e. The highest BCUT2D eigenvalue weighted by Crippen LogP contribution is 2.21. The van der Waals surface area contributed by atoms with Gasteiger partial charge in [-0.3, -0.25) is 4.79 Å². The predicted molar refractivity (Wildman–Crippen MR) is 103 cm³/mol. The number of nitrogens with zero attached hydrogens (tertiary/aromatic N) is 1. The van der Waals surface area contributed by atoms with Gasteiger partial charge in [0.05, 0.1) is 22.6 Å². The molecule has 4 aromatic rings. The lowest BCUT2D eigenvalue weighted by Gasteiger charge is -2.17. The van der Waals surface area contributed by atoms with Crippen molar-refractivity contribution in [3.05, 3.63) is 102 Å². The van der Waals surface area contributed by atoms with Gasteiger partial charge in [0.1, 0.15) is 11.6 Å². The standard InChI is InChI=1S/C22H18FN3O/c23-17-11-5-4-10-16(17)22(27)26-20(14-15-8-2-1-3-9-15)21-24-18-12-6-7-13-19(18)25-21/h1-13,20H,14H2,(H,24,25)(H,26,27). The number of para-hydroxylation sites is 2. The number of aromatic amines is 1. The number of benzene rings is 3. The van der Waals surface area contributed by atoms with Crippen molar-refractivity contribution in [1.82, 2.24) is 15.3 Å². The Morgan fingerprint density at radius 2 is 1.67 bits per heavy atom. The normalized spacial score (nSPS) is 12.0. The number of amides is 1. The maximum Gasteiger partial charge on any atom is 0.254 e. The summed E-state index contributed by atoms with van der Waals surface area (Å²) in [7, 11) is 0. The second-order valence-corrected chi connectivity index (χ2v) is 6.33. The Hall–Kier alpha value is -3.47. The summed E-state index contributed by atoms with van der Waals surface area (Å²) in [6.45, 7) is 0. The van der Waals surface area contributed by atoms with E-state index >= 15 is 0 Å². The summed E-state index contributed by atoms with van der Waals surface area (Å²) < 4.78 is 14.0. The maximum atomic E-state index is 14.0. The second kappa shape index (κ2) is 7.41. The molecule has 27 heavy (non-hydrogen) atoms. The number of carbonyl (C=O) groups excluding carboxylic acids is 1. The van der Waals surface area contributed by atoms with Crippen LogP contribution in [-0.4, -0.2) is 15.9 Å². The minimum absolute atomic E-state index is 0.0201. The number of carbonyl (C=O) groups is 1. The van der Waals surface area contributed by atoms with Crippen LogP contribution in [0.1, 0.15) is 27.8 Å². The van der Waals surface area contributed by atoms with Crippen molar-refractivity contribution in [2.24, 2.45) is 0 Å². The van der Waals surface area contributed by atoms with E-state index in [9.17, 15) is 9.18 Å². The van der Waals surface area contributed by atoms with Crippen LogP contribution in [-0.2, 0) is 6.42 Å². The fourth-order valence-electron chi connectivity index (χ4n) is 3.08. The smallest absolute Gasteiger partial charge is 0.254 e. The zero-order valence-electron chi connectivity index (χ0n) is 14.5. The van der Waals surface area contributed by atoms with Crippen molar-refractivity contribution >= 4 is 16.9 Å². The van der Waals surface area contributed by atoms with Gasteiger partial charge in [-0.2, -0.15) is 0 Å². The molecule has 2 N–H and O–H groups in total. The summed E-state index contributed by atoms with van der Waals surface area (Å²) in [6, 6.07) is 23.1. The molecule has 1 amide bonds. The van der Waals surface area contributed by atoms with E-state index in [-0.39, 0.29) is 5.56 Å². The molecule has 1 heterocycles. The summed E-state index contributed by atoms with van der Waals surface area (Å²) in [5.41, 5.74) is 2.79. The van der Waals surface area contributed by atoms with Crippen LogP contribution < -0.4 is 5.32 Å². The van der Waals surface area contributed by atoms with E-state index < -0.39 is 17.8 Å². The molecule has 0 saturated heterocycles. The quantitative estimate of drug-likeness (QED) is 0.554. The van der Waals surface area contributed by atoms with Gasteiger partial charge in [0, 0.05) is 0 Å². The molecule has 3 aromatic carbocycles. The Bertz CT molecular complexity index is 1040. The first-order valence-corrected chi connectivity index (χ1v) is 8.74. The molecule has 0 radical (unpaired) electrons. The fraction of sp³-hybridized carbons (Fsp3) is 0.0909. The molecule has 0 bridgehead atoms. The molecule has 1 unspecified atom stereocenters. The van der Waals surface area contributed by atoms with Crippen LogP contribution in [0.3, 0.4) is 0 Å². The number of fused-ring (bicyclic) bond motifs is 1. The lowest BCUT2D eigenvalue weighted by atomic mass is 10.0. The first-order valence-electron chi connectivity index (χ1n) is 8.74. The van der Waals surface area contributed by atoms with E-state index in [0.717, 1.165) is 16.6 Å². The Morgan fingerprint density at radius 1 is 0.963 bits per heavy atom. The first kappa shape index (κ1) is 17.0. The Balaban J connectivity index is 1.67.